The predicted molar refractivity (Wildman–Crippen MR) is 70.2 cm³/mol. The second-order valence-electron chi connectivity index (χ2n) is 5.07. The Morgan fingerprint density at radius 1 is 1.27 bits per heavy atom. The van der Waals surface area contributed by atoms with Crippen LogP contribution in [0.25, 0.3) is 0 Å². The Balaban J connectivity index is 2.20. The van der Waals surface area contributed by atoms with E-state index < -0.39 is 0 Å². The average Bonchev–Trinajstić information content (AvgIpc) is 2.83. The van der Waals surface area contributed by atoms with Crippen LogP contribution in [0.1, 0.15) is 48.8 Å². The molecule has 0 N–H and O–H groups in total. The Kier molecular flexibility index (Phi) is 2.31. The van der Waals surface area contributed by atoms with Crippen LogP contribution >= 0.6 is 22.6 Å². The van der Waals surface area contributed by atoms with Gasteiger partial charge in [-0.25, -0.2) is 4.98 Å². The summed E-state index contributed by atoms with van der Waals surface area (Å²) >= 11 is 2.43. The maximum absolute atomic E-state index is 4.56. The normalized spacial score (nSPS) is 22.3. The lowest BCUT2D eigenvalue weighted by atomic mass is 9.81. The molecule has 0 amide bonds. The van der Waals surface area contributed by atoms with Gasteiger partial charge < -0.3 is 0 Å². The van der Waals surface area contributed by atoms with Crippen molar-refractivity contribution >= 4 is 22.6 Å². The van der Waals surface area contributed by atoms with E-state index in [1.165, 1.54) is 47.8 Å². The molecule has 1 nitrogen and oxygen atoms in total. The molecule has 0 unspecified atom stereocenters. The second-order valence-corrected chi connectivity index (χ2v) is 6.09. The molecular formula is C13H16IN. The highest BCUT2D eigenvalue weighted by atomic mass is 127. The van der Waals surface area contributed by atoms with Crippen LogP contribution < -0.4 is 0 Å². The third-order valence-electron chi connectivity index (χ3n) is 4.30. The molecule has 0 saturated heterocycles. The Labute approximate surface area is 105 Å². The molecule has 1 aromatic heterocycles. The highest BCUT2D eigenvalue weighted by Gasteiger charge is 2.43. The molecule has 0 atom stereocenters. The summed E-state index contributed by atoms with van der Waals surface area (Å²) in [5.74, 6) is 0. The van der Waals surface area contributed by atoms with Gasteiger partial charge in [-0.2, -0.15) is 0 Å². The fraction of sp³-hybridized carbons (Fsp3) is 0.615. The van der Waals surface area contributed by atoms with E-state index in [4.69, 9.17) is 0 Å². The lowest BCUT2D eigenvalue weighted by Gasteiger charge is -2.25. The summed E-state index contributed by atoms with van der Waals surface area (Å²) in [6, 6.07) is 0. The van der Waals surface area contributed by atoms with E-state index in [2.05, 4.69) is 40.7 Å². The molecule has 2 aliphatic rings. The third-order valence-corrected chi connectivity index (χ3v) is 5.12. The van der Waals surface area contributed by atoms with E-state index in [0.717, 1.165) is 0 Å². The van der Waals surface area contributed by atoms with Crippen LogP contribution in [-0.2, 0) is 11.8 Å². The van der Waals surface area contributed by atoms with Crippen molar-refractivity contribution in [1.82, 2.24) is 4.98 Å². The number of rotatable bonds is 0. The quantitative estimate of drug-likeness (QED) is 0.525. The summed E-state index contributed by atoms with van der Waals surface area (Å²) in [6.45, 7) is 2.22. The number of pyridine rings is 1. The van der Waals surface area contributed by atoms with Crippen molar-refractivity contribution in [2.75, 3.05) is 0 Å². The highest BCUT2D eigenvalue weighted by molar-refractivity contribution is 14.1. The summed E-state index contributed by atoms with van der Waals surface area (Å²) in [7, 11) is 0. The second kappa shape index (κ2) is 3.44. The largest absolute Gasteiger partial charge is 0.250 e. The maximum Gasteiger partial charge on any atom is 0.105 e. The van der Waals surface area contributed by atoms with Crippen LogP contribution in [0, 0.1) is 10.6 Å². The molecule has 0 aliphatic heterocycles. The first-order valence-corrected chi connectivity index (χ1v) is 6.95. The van der Waals surface area contributed by atoms with Gasteiger partial charge in [-0.1, -0.05) is 12.8 Å². The van der Waals surface area contributed by atoms with Gasteiger partial charge in [0.25, 0.3) is 0 Å². The number of aromatic nitrogens is 1. The first-order valence-electron chi connectivity index (χ1n) is 5.87. The molecule has 2 heteroatoms. The first-order chi connectivity index (χ1) is 7.23. The van der Waals surface area contributed by atoms with Crippen LogP contribution in [0.3, 0.4) is 0 Å². The minimum absolute atomic E-state index is 0.533. The van der Waals surface area contributed by atoms with Gasteiger partial charge in [0, 0.05) is 6.20 Å². The average molecular weight is 313 g/mol. The molecule has 0 aromatic carbocycles. The molecule has 2 aliphatic carbocycles. The van der Waals surface area contributed by atoms with E-state index in [1.807, 2.05) is 0 Å². The lowest BCUT2D eigenvalue weighted by Crippen LogP contribution is -2.19. The summed E-state index contributed by atoms with van der Waals surface area (Å²) in [6.07, 6.45) is 10.4. The van der Waals surface area contributed by atoms with E-state index in [-0.39, 0.29) is 0 Å². The standard InChI is InChI=1S/C13H16IN/c1-9-8-15-12(14)11-10(9)4-7-13(11)5-2-3-6-13/h8H,2-7H2,1H3. The number of hydrogen-bond acceptors (Lipinski definition) is 1. The number of halogens is 1. The number of hydrogen-bond donors (Lipinski definition) is 0. The van der Waals surface area contributed by atoms with Gasteiger partial charge in [-0.05, 0) is 77.3 Å². The van der Waals surface area contributed by atoms with Gasteiger partial charge in [0.1, 0.15) is 3.70 Å². The van der Waals surface area contributed by atoms with E-state index >= 15 is 0 Å². The molecule has 1 fully saturated rings. The zero-order valence-corrected chi connectivity index (χ0v) is 11.3. The van der Waals surface area contributed by atoms with Crippen LogP contribution in [-0.4, -0.2) is 4.98 Å². The van der Waals surface area contributed by atoms with Gasteiger partial charge in [0.05, 0.1) is 0 Å². The molecule has 1 aromatic rings. The van der Waals surface area contributed by atoms with E-state index in [9.17, 15) is 0 Å². The van der Waals surface area contributed by atoms with Crippen molar-refractivity contribution in [2.24, 2.45) is 0 Å². The predicted octanol–water partition coefficient (Wildman–Crippen LogP) is 3.75. The molecule has 15 heavy (non-hydrogen) atoms. The van der Waals surface area contributed by atoms with Crippen molar-refractivity contribution in [2.45, 2.75) is 50.9 Å². The van der Waals surface area contributed by atoms with Gasteiger partial charge in [0.2, 0.25) is 0 Å². The minimum Gasteiger partial charge on any atom is -0.250 e. The Hall–Kier alpha value is -0.120. The molecule has 0 bridgehead atoms. The smallest absolute Gasteiger partial charge is 0.105 e. The molecule has 0 radical (unpaired) electrons. The number of nitrogens with zero attached hydrogens (tertiary/aromatic N) is 1. The van der Waals surface area contributed by atoms with Gasteiger partial charge in [-0.3, -0.25) is 0 Å². The Morgan fingerprint density at radius 3 is 2.73 bits per heavy atom. The van der Waals surface area contributed by atoms with Crippen LogP contribution in [0.5, 0.6) is 0 Å². The van der Waals surface area contributed by atoms with Gasteiger partial charge in [-0.15, -0.1) is 0 Å². The van der Waals surface area contributed by atoms with Crippen molar-refractivity contribution in [3.63, 3.8) is 0 Å². The fourth-order valence-corrected chi connectivity index (χ4v) is 4.56. The summed E-state index contributed by atoms with van der Waals surface area (Å²) in [4.78, 5) is 4.56. The zero-order chi connectivity index (χ0) is 10.5. The fourth-order valence-electron chi connectivity index (χ4n) is 3.52. The molecule has 1 heterocycles. The minimum atomic E-state index is 0.533. The van der Waals surface area contributed by atoms with Crippen molar-refractivity contribution < 1.29 is 0 Å². The van der Waals surface area contributed by atoms with Crippen LogP contribution in [0.15, 0.2) is 6.20 Å². The van der Waals surface area contributed by atoms with Crippen molar-refractivity contribution in [3.05, 3.63) is 26.6 Å². The van der Waals surface area contributed by atoms with Crippen molar-refractivity contribution in [1.29, 1.82) is 0 Å². The molecule has 80 valence electrons. The zero-order valence-electron chi connectivity index (χ0n) is 9.15. The molecule has 1 spiro atoms. The Bertz CT molecular complexity index is 405. The lowest BCUT2D eigenvalue weighted by molar-refractivity contribution is 0.436. The third kappa shape index (κ3) is 1.37. The number of aryl methyl sites for hydroxylation is 1. The Morgan fingerprint density at radius 2 is 2.00 bits per heavy atom. The van der Waals surface area contributed by atoms with Gasteiger partial charge >= 0.3 is 0 Å². The molecule has 1 saturated carbocycles. The summed E-state index contributed by atoms with van der Waals surface area (Å²) in [5, 5.41) is 0. The monoisotopic (exact) mass is 313 g/mol. The van der Waals surface area contributed by atoms with Crippen molar-refractivity contribution in [3.8, 4) is 0 Å². The first kappa shape index (κ1) is 10.1. The van der Waals surface area contributed by atoms with E-state index in [0.29, 0.717) is 5.41 Å². The summed E-state index contributed by atoms with van der Waals surface area (Å²) < 4.78 is 1.27. The number of fused-ring (bicyclic) bond motifs is 2. The SMILES string of the molecule is Cc1cnc(I)c2c1CCC21CCCC1. The summed E-state index contributed by atoms with van der Waals surface area (Å²) in [5.41, 5.74) is 5.19. The highest BCUT2D eigenvalue weighted by Crippen LogP contribution is 2.51. The maximum atomic E-state index is 4.56. The molecule has 3 rings (SSSR count). The molecular weight excluding hydrogens is 297 g/mol. The van der Waals surface area contributed by atoms with Crippen LogP contribution in [0.4, 0.5) is 0 Å². The van der Waals surface area contributed by atoms with Gasteiger partial charge in [0.15, 0.2) is 0 Å². The van der Waals surface area contributed by atoms with Crippen LogP contribution in [0.2, 0.25) is 0 Å². The van der Waals surface area contributed by atoms with E-state index in [1.54, 1.807) is 11.1 Å². The topological polar surface area (TPSA) is 12.9 Å².